The van der Waals surface area contributed by atoms with Gasteiger partial charge in [-0.3, -0.25) is 4.79 Å². The van der Waals surface area contributed by atoms with E-state index in [0.29, 0.717) is 0 Å². The molecule has 0 aromatic rings. The first-order chi connectivity index (χ1) is 6.32. The van der Waals surface area contributed by atoms with E-state index in [1.54, 1.807) is 6.07 Å². The predicted molar refractivity (Wildman–Crippen MR) is 48.2 cm³/mol. The maximum Gasteiger partial charge on any atom is 0.324 e. The van der Waals surface area contributed by atoms with Crippen LogP contribution in [-0.4, -0.2) is 31.0 Å². The van der Waals surface area contributed by atoms with Gasteiger partial charge in [-0.15, -0.1) is 0 Å². The first kappa shape index (κ1) is 11.0. The maximum absolute atomic E-state index is 11.2. The van der Waals surface area contributed by atoms with Crippen LogP contribution < -0.4 is 0 Å². The zero-order valence-electron chi connectivity index (χ0n) is 7.73. The van der Waals surface area contributed by atoms with Crippen LogP contribution in [0.15, 0.2) is 0 Å². The van der Waals surface area contributed by atoms with E-state index in [2.05, 4.69) is 0 Å². The summed E-state index contributed by atoms with van der Waals surface area (Å²) in [5.74, 6) is -1.22. The second-order valence-electron chi connectivity index (χ2n) is 3.69. The quantitative estimate of drug-likeness (QED) is 0.711. The van der Waals surface area contributed by atoms with E-state index >= 15 is 0 Å². The zero-order chi connectivity index (χ0) is 11.0. The monoisotopic (exact) mass is 217 g/mol. The normalized spacial score (nSPS) is 32.4. The minimum atomic E-state index is -3.23. The van der Waals surface area contributed by atoms with Crippen molar-refractivity contribution in [1.82, 2.24) is 0 Å². The Morgan fingerprint density at radius 2 is 2.21 bits per heavy atom. The van der Waals surface area contributed by atoms with Crippen LogP contribution in [0.1, 0.15) is 19.3 Å². The molecule has 0 amide bonds. The summed E-state index contributed by atoms with van der Waals surface area (Å²) >= 11 is 0. The van der Waals surface area contributed by atoms with Crippen molar-refractivity contribution in [3.63, 3.8) is 0 Å². The van der Waals surface area contributed by atoms with Gasteiger partial charge in [0.1, 0.15) is 9.84 Å². The van der Waals surface area contributed by atoms with Gasteiger partial charge in [-0.25, -0.2) is 8.42 Å². The lowest BCUT2D eigenvalue weighted by Crippen LogP contribution is -2.28. The molecule has 78 valence electrons. The molecule has 0 saturated heterocycles. The summed E-state index contributed by atoms with van der Waals surface area (Å²) < 4.78 is 22.3. The van der Waals surface area contributed by atoms with Crippen molar-refractivity contribution in [2.75, 3.05) is 6.26 Å². The SMILES string of the molecule is CS(=O)(=O)[C@H]1CC[C@](C#N)(C(=O)O)C1. The number of sulfone groups is 1. The highest BCUT2D eigenvalue weighted by Crippen LogP contribution is 2.40. The van der Waals surface area contributed by atoms with Gasteiger partial charge in [0.05, 0.1) is 11.3 Å². The Labute approximate surface area is 82.3 Å². The molecule has 1 aliphatic carbocycles. The maximum atomic E-state index is 11.2. The Kier molecular flexibility index (Phi) is 2.54. The average molecular weight is 217 g/mol. The van der Waals surface area contributed by atoms with E-state index in [1.165, 1.54) is 0 Å². The molecular weight excluding hydrogens is 206 g/mol. The Bertz CT molecular complexity index is 394. The van der Waals surface area contributed by atoms with E-state index in [4.69, 9.17) is 10.4 Å². The summed E-state index contributed by atoms with van der Waals surface area (Å²) in [5.41, 5.74) is -1.49. The molecule has 0 heterocycles. The molecule has 0 bridgehead atoms. The topological polar surface area (TPSA) is 95.2 Å². The van der Waals surface area contributed by atoms with Gasteiger partial charge in [0.15, 0.2) is 5.41 Å². The van der Waals surface area contributed by atoms with Gasteiger partial charge in [-0.1, -0.05) is 0 Å². The molecule has 14 heavy (non-hydrogen) atoms. The number of rotatable bonds is 2. The van der Waals surface area contributed by atoms with E-state index in [-0.39, 0.29) is 19.3 Å². The lowest BCUT2D eigenvalue weighted by Gasteiger charge is -2.13. The van der Waals surface area contributed by atoms with Crippen LogP contribution >= 0.6 is 0 Å². The standard InChI is InChI=1S/C8H11NO4S/c1-14(12,13)6-2-3-8(4-6,5-9)7(10)11/h6H,2-4H2,1H3,(H,10,11)/t6-,8-/m0/s1. The van der Waals surface area contributed by atoms with Gasteiger partial charge in [-0.2, -0.15) is 5.26 Å². The van der Waals surface area contributed by atoms with Crippen LogP contribution in [0.5, 0.6) is 0 Å². The van der Waals surface area contributed by atoms with Crippen LogP contribution in [0, 0.1) is 16.7 Å². The number of carboxylic acid groups (broad SMARTS) is 1. The molecule has 1 rings (SSSR count). The molecule has 0 aliphatic heterocycles. The van der Waals surface area contributed by atoms with Crippen molar-refractivity contribution >= 4 is 15.8 Å². The Morgan fingerprint density at radius 3 is 2.43 bits per heavy atom. The van der Waals surface area contributed by atoms with Crippen molar-refractivity contribution in [1.29, 1.82) is 5.26 Å². The van der Waals surface area contributed by atoms with Gasteiger partial charge in [0.2, 0.25) is 0 Å². The molecule has 0 aromatic carbocycles. The van der Waals surface area contributed by atoms with Gasteiger partial charge in [0.25, 0.3) is 0 Å². The molecule has 1 saturated carbocycles. The molecule has 5 nitrogen and oxygen atoms in total. The van der Waals surface area contributed by atoms with Gasteiger partial charge in [0, 0.05) is 6.26 Å². The summed E-state index contributed by atoms with van der Waals surface area (Å²) in [7, 11) is -3.23. The van der Waals surface area contributed by atoms with Gasteiger partial charge >= 0.3 is 5.97 Å². The lowest BCUT2D eigenvalue weighted by atomic mass is 9.88. The molecule has 0 spiro atoms. The highest BCUT2D eigenvalue weighted by molar-refractivity contribution is 7.91. The summed E-state index contributed by atoms with van der Waals surface area (Å²) in [6.45, 7) is 0. The van der Waals surface area contributed by atoms with Crippen molar-refractivity contribution in [2.45, 2.75) is 24.5 Å². The van der Waals surface area contributed by atoms with Crippen molar-refractivity contribution in [3.05, 3.63) is 0 Å². The lowest BCUT2D eigenvalue weighted by molar-refractivity contribution is -0.145. The first-order valence-electron chi connectivity index (χ1n) is 4.15. The third-order valence-electron chi connectivity index (χ3n) is 2.70. The van der Waals surface area contributed by atoms with E-state index in [9.17, 15) is 13.2 Å². The minimum Gasteiger partial charge on any atom is -0.480 e. The van der Waals surface area contributed by atoms with Gasteiger partial charge in [-0.05, 0) is 19.3 Å². The fourth-order valence-corrected chi connectivity index (χ4v) is 2.84. The summed E-state index contributed by atoms with van der Waals surface area (Å²) in [4.78, 5) is 10.8. The van der Waals surface area contributed by atoms with E-state index < -0.39 is 26.5 Å². The molecule has 0 aromatic heterocycles. The van der Waals surface area contributed by atoms with Gasteiger partial charge < -0.3 is 5.11 Å². The van der Waals surface area contributed by atoms with Crippen LogP contribution in [0.25, 0.3) is 0 Å². The molecule has 0 radical (unpaired) electrons. The third kappa shape index (κ3) is 1.73. The minimum absolute atomic E-state index is 0.0856. The second kappa shape index (κ2) is 3.24. The van der Waals surface area contributed by atoms with Crippen LogP contribution in [-0.2, 0) is 14.6 Å². The molecule has 1 aliphatic rings. The Hall–Kier alpha value is -1.09. The number of nitrogens with zero attached hydrogens (tertiary/aromatic N) is 1. The third-order valence-corrected chi connectivity index (χ3v) is 4.31. The second-order valence-corrected chi connectivity index (χ2v) is 6.02. The summed E-state index contributed by atoms with van der Waals surface area (Å²) in [6.07, 6.45) is 1.37. The molecule has 6 heteroatoms. The zero-order valence-corrected chi connectivity index (χ0v) is 8.54. The van der Waals surface area contributed by atoms with E-state index in [0.717, 1.165) is 6.26 Å². The molecule has 0 unspecified atom stereocenters. The van der Waals surface area contributed by atoms with Crippen LogP contribution in [0.4, 0.5) is 0 Å². The fourth-order valence-electron chi connectivity index (χ4n) is 1.71. The highest BCUT2D eigenvalue weighted by Gasteiger charge is 2.48. The number of aliphatic carboxylic acids is 1. The smallest absolute Gasteiger partial charge is 0.324 e. The fraction of sp³-hybridized carbons (Fsp3) is 0.750. The molecular formula is C8H11NO4S. The first-order valence-corrected chi connectivity index (χ1v) is 6.11. The largest absolute Gasteiger partial charge is 0.480 e. The van der Waals surface area contributed by atoms with E-state index in [1.807, 2.05) is 0 Å². The highest BCUT2D eigenvalue weighted by atomic mass is 32.2. The van der Waals surface area contributed by atoms with Crippen molar-refractivity contribution < 1.29 is 18.3 Å². The molecule has 2 atom stereocenters. The molecule has 1 N–H and O–H groups in total. The van der Waals surface area contributed by atoms with Crippen LogP contribution in [0.3, 0.4) is 0 Å². The Morgan fingerprint density at radius 1 is 1.64 bits per heavy atom. The van der Waals surface area contributed by atoms with Crippen LogP contribution in [0.2, 0.25) is 0 Å². The summed E-state index contributed by atoms with van der Waals surface area (Å²) in [5, 5.41) is 16.9. The number of nitriles is 1. The van der Waals surface area contributed by atoms with Crippen molar-refractivity contribution in [3.8, 4) is 6.07 Å². The molecule has 1 fully saturated rings. The number of carboxylic acids is 1. The number of hydrogen-bond acceptors (Lipinski definition) is 4. The number of hydrogen-bond donors (Lipinski definition) is 1. The Balaban J connectivity index is 2.94. The predicted octanol–water partition coefficient (Wildman–Crippen LogP) is 0.178. The average Bonchev–Trinajstić information content (AvgIpc) is 2.47. The number of carbonyl (C=O) groups is 1. The summed E-state index contributed by atoms with van der Waals surface area (Å²) in [6, 6.07) is 1.71. The van der Waals surface area contributed by atoms with Crippen molar-refractivity contribution in [2.24, 2.45) is 5.41 Å².